The molecule has 0 saturated carbocycles. The van der Waals surface area contributed by atoms with Gasteiger partial charge in [0.05, 0.1) is 25.2 Å². The average Bonchev–Trinajstić information content (AvgIpc) is 2.74. The molecule has 0 aliphatic carbocycles. The van der Waals surface area contributed by atoms with Gasteiger partial charge in [-0.15, -0.1) is 0 Å². The van der Waals surface area contributed by atoms with Crippen LogP contribution in [-0.2, 0) is 23.9 Å². The molecule has 10 nitrogen and oxygen atoms in total. The Morgan fingerprint density at radius 3 is 1.86 bits per heavy atom. The third-order valence-electron chi connectivity index (χ3n) is 5.55. The molecule has 2 unspecified atom stereocenters. The lowest BCUT2D eigenvalue weighted by molar-refractivity contribution is -0.146. The molecule has 0 fully saturated rings. The molecule has 6 N–H and O–H groups in total. The number of rotatable bonds is 17. The molecule has 0 saturated heterocycles. The minimum absolute atomic E-state index is 0.150. The summed E-state index contributed by atoms with van der Waals surface area (Å²) in [7, 11) is 0. The smallest absolute Gasteiger partial charge is 0.308 e. The van der Waals surface area contributed by atoms with Crippen LogP contribution in [0.15, 0.2) is 0 Å². The first kappa shape index (κ1) is 32.8. The SMILES string of the molecule is CCOC(=O)CC(O)C(CCCCN)NC(=O)[C@@H](NC(=O)[C@@H](NC(=O)CC(C)C)C(C)C)C(C)C. The van der Waals surface area contributed by atoms with Gasteiger partial charge in [-0.25, -0.2) is 0 Å². The maximum absolute atomic E-state index is 13.2. The van der Waals surface area contributed by atoms with E-state index in [4.69, 9.17) is 10.5 Å². The summed E-state index contributed by atoms with van der Waals surface area (Å²) in [5.41, 5.74) is 5.57. The summed E-state index contributed by atoms with van der Waals surface area (Å²) in [5.74, 6) is -1.98. The molecule has 0 rings (SSSR count). The molecule has 0 aliphatic rings. The van der Waals surface area contributed by atoms with Crippen LogP contribution >= 0.6 is 0 Å². The molecule has 4 atom stereocenters. The Morgan fingerprint density at radius 2 is 1.37 bits per heavy atom. The van der Waals surface area contributed by atoms with Crippen LogP contribution < -0.4 is 21.7 Å². The van der Waals surface area contributed by atoms with Gasteiger partial charge < -0.3 is 31.5 Å². The largest absolute Gasteiger partial charge is 0.466 e. The van der Waals surface area contributed by atoms with Crippen LogP contribution in [-0.4, -0.2) is 66.2 Å². The fourth-order valence-electron chi connectivity index (χ4n) is 3.59. The van der Waals surface area contributed by atoms with E-state index in [-0.39, 0.29) is 36.7 Å². The standard InChI is InChI=1S/C25H48N4O6/c1-8-35-21(32)14-19(30)18(11-9-10-12-26)27-24(33)23(17(6)7)29-25(34)22(16(4)5)28-20(31)13-15(2)3/h15-19,22-23,30H,8-14,26H2,1-7H3,(H,27,33)(H,28,31)(H,29,34)/t18?,19?,22-,23-/m0/s1. The summed E-state index contributed by atoms with van der Waals surface area (Å²) in [4.78, 5) is 50.3. The second-order valence-electron chi connectivity index (χ2n) is 10.1. The Labute approximate surface area is 210 Å². The number of carbonyl (C=O) groups is 4. The Hall–Kier alpha value is -2.20. The molecule has 35 heavy (non-hydrogen) atoms. The predicted molar refractivity (Wildman–Crippen MR) is 135 cm³/mol. The number of nitrogens with two attached hydrogens (primary N) is 1. The van der Waals surface area contributed by atoms with Crippen molar-refractivity contribution < 1.29 is 29.0 Å². The van der Waals surface area contributed by atoms with Crippen LogP contribution in [0.1, 0.15) is 80.6 Å². The quantitative estimate of drug-likeness (QED) is 0.148. The zero-order valence-corrected chi connectivity index (χ0v) is 22.6. The summed E-state index contributed by atoms with van der Waals surface area (Å²) in [6, 6.07) is -2.38. The van der Waals surface area contributed by atoms with Gasteiger partial charge in [0.2, 0.25) is 17.7 Å². The fraction of sp³-hybridized carbons (Fsp3) is 0.840. The number of esters is 1. The van der Waals surface area contributed by atoms with Crippen molar-refractivity contribution >= 4 is 23.7 Å². The monoisotopic (exact) mass is 500 g/mol. The summed E-state index contributed by atoms with van der Waals surface area (Å²) in [5, 5.41) is 19.0. The first-order valence-electron chi connectivity index (χ1n) is 12.8. The van der Waals surface area contributed by atoms with Crippen molar-refractivity contribution in [3.05, 3.63) is 0 Å². The molecule has 0 aromatic heterocycles. The topological polar surface area (TPSA) is 160 Å². The van der Waals surface area contributed by atoms with Gasteiger partial charge in [-0.2, -0.15) is 0 Å². The highest BCUT2D eigenvalue weighted by molar-refractivity contribution is 5.92. The molecule has 0 heterocycles. The molecule has 0 radical (unpaired) electrons. The van der Waals surface area contributed by atoms with Crippen molar-refractivity contribution in [1.29, 1.82) is 0 Å². The third-order valence-corrected chi connectivity index (χ3v) is 5.55. The van der Waals surface area contributed by atoms with E-state index in [1.54, 1.807) is 20.8 Å². The summed E-state index contributed by atoms with van der Waals surface area (Å²) in [6.45, 7) is 13.4. The Morgan fingerprint density at radius 1 is 0.829 bits per heavy atom. The zero-order valence-electron chi connectivity index (χ0n) is 22.6. The third kappa shape index (κ3) is 13.5. The van der Waals surface area contributed by atoms with Crippen LogP contribution in [0.25, 0.3) is 0 Å². The van der Waals surface area contributed by atoms with Gasteiger partial charge in [0, 0.05) is 6.42 Å². The second-order valence-corrected chi connectivity index (χ2v) is 10.1. The minimum Gasteiger partial charge on any atom is -0.466 e. The van der Waals surface area contributed by atoms with E-state index in [1.165, 1.54) is 0 Å². The number of ether oxygens (including phenoxy) is 1. The zero-order chi connectivity index (χ0) is 27.1. The van der Waals surface area contributed by atoms with Gasteiger partial charge in [0.15, 0.2) is 0 Å². The van der Waals surface area contributed by atoms with Crippen LogP contribution in [0.5, 0.6) is 0 Å². The number of aliphatic hydroxyl groups is 1. The first-order chi connectivity index (χ1) is 16.3. The summed E-state index contributed by atoms with van der Waals surface area (Å²) >= 11 is 0. The van der Waals surface area contributed by atoms with Crippen molar-refractivity contribution in [3.63, 3.8) is 0 Å². The van der Waals surface area contributed by atoms with Gasteiger partial charge in [0.1, 0.15) is 12.1 Å². The van der Waals surface area contributed by atoms with E-state index in [0.29, 0.717) is 32.2 Å². The number of carbonyl (C=O) groups excluding carboxylic acids is 4. The van der Waals surface area contributed by atoms with Crippen LogP contribution in [0.4, 0.5) is 0 Å². The highest BCUT2D eigenvalue weighted by atomic mass is 16.5. The number of amides is 3. The van der Waals surface area contributed by atoms with Crippen LogP contribution in [0.2, 0.25) is 0 Å². The lowest BCUT2D eigenvalue weighted by Crippen LogP contribution is -2.58. The normalized spacial score (nSPS) is 14.9. The molecule has 0 bridgehead atoms. The molecule has 0 aromatic rings. The van der Waals surface area contributed by atoms with Crippen molar-refractivity contribution in [2.75, 3.05) is 13.2 Å². The van der Waals surface area contributed by atoms with E-state index in [9.17, 15) is 24.3 Å². The number of nitrogens with one attached hydrogen (secondary N) is 3. The molecule has 10 heteroatoms. The predicted octanol–water partition coefficient (Wildman–Crippen LogP) is 1.24. The highest BCUT2D eigenvalue weighted by Crippen LogP contribution is 2.12. The average molecular weight is 501 g/mol. The molecule has 204 valence electrons. The van der Waals surface area contributed by atoms with Crippen molar-refractivity contribution in [1.82, 2.24) is 16.0 Å². The van der Waals surface area contributed by atoms with Crippen LogP contribution in [0.3, 0.4) is 0 Å². The number of aliphatic hydroxyl groups excluding tert-OH is 1. The van der Waals surface area contributed by atoms with Crippen LogP contribution in [0, 0.1) is 17.8 Å². The number of unbranched alkanes of at least 4 members (excludes halogenated alkanes) is 1. The molecule has 0 aliphatic heterocycles. The van der Waals surface area contributed by atoms with E-state index in [1.807, 2.05) is 27.7 Å². The highest BCUT2D eigenvalue weighted by Gasteiger charge is 2.32. The second kappa shape index (κ2) is 17.3. The molecule has 0 aromatic carbocycles. The maximum Gasteiger partial charge on any atom is 0.308 e. The molecular formula is C25H48N4O6. The van der Waals surface area contributed by atoms with Crippen molar-refractivity contribution in [3.8, 4) is 0 Å². The van der Waals surface area contributed by atoms with Crippen molar-refractivity contribution in [2.45, 2.75) is 105 Å². The first-order valence-corrected chi connectivity index (χ1v) is 12.8. The van der Waals surface area contributed by atoms with Crippen molar-refractivity contribution in [2.24, 2.45) is 23.5 Å². The van der Waals surface area contributed by atoms with Gasteiger partial charge in [0.25, 0.3) is 0 Å². The van der Waals surface area contributed by atoms with Gasteiger partial charge in [-0.05, 0) is 44.1 Å². The van der Waals surface area contributed by atoms with Gasteiger partial charge in [-0.3, -0.25) is 19.2 Å². The Kier molecular flexibility index (Phi) is 16.2. The minimum atomic E-state index is -1.14. The number of hydrogen-bond acceptors (Lipinski definition) is 7. The summed E-state index contributed by atoms with van der Waals surface area (Å²) < 4.78 is 4.91. The number of hydrogen-bond donors (Lipinski definition) is 5. The maximum atomic E-state index is 13.2. The van der Waals surface area contributed by atoms with E-state index in [2.05, 4.69) is 16.0 Å². The lowest BCUT2D eigenvalue weighted by Gasteiger charge is -2.30. The fourth-order valence-corrected chi connectivity index (χ4v) is 3.59. The van der Waals surface area contributed by atoms with E-state index in [0.717, 1.165) is 0 Å². The van der Waals surface area contributed by atoms with E-state index >= 15 is 0 Å². The lowest BCUT2D eigenvalue weighted by atomic mass is 9.97. The molecule has 0 spiro atoms. The van der Waals surface area contributed by atoms with Gasteiger partial charge >= 0.3 is 5.97 Å². The molecular weight excluding hydrogens is 452 g/mol. The Balaban J connectivity index is 5.45. The Bertz CT molecular complexity index is 668. The van der Waals surface area contributed by atoms with E-state index < -0.39 is 42.0 Å². The summed E-state index contributed by atoms with van der Waals surface area (Å²) in [6.07, 6.45) is 0.678. The molecule has 3 amide bonds. The van der Waals surface area contributed by atoms with Gasteiger partial charge in [-0.1, -0.05) is 48.0 Å².